The fraction of sp³-hybridized carbons (Fsp3) is 0.172. The SMILES string of the molecule is CCOc1ccc(N(c2ccc(OCC)cc2)c2ccc(-c3ccc(C)cc3)cc2)cc1. The summed E-state index contributed by atoms with van der Waals surface area (Å²) in [5, 5.41) is 0. The van der Waals surface area contributed by atoms with Crippen molar-refractivity contribution >= 4 is 17.1 Å². The van der Waals surface area contributed by atoms with E-state index >= 15 is 0 Å². The lowest BCUT2D eigenvalue weighted by Gasteiger charge is -2.26. The third-order valence-corrected chi connectivity index (χ3v) is 5.32. The summed E-state index contributed by atoms with van der Waals surface area (Å²) in [5.74, 6) is 1.75. The molecule has 0 saturated carbocycles. The highest BCUT2D eigenvalue weighted by Gasteiger charge is 2.13. The van der Waals surface area contributed by atoms with E-state index in [-0.39, 0.29) is 0 Å². The monoisotopic (exact) mass is 423 g/mol. The van der Waals surface area contributed by atoms with Crippen LogP contribution in [-0.2, 0) is 0 Å². The highest BCUT2D eigenvalue weighted by atomic mass is 16.5. The van der Waals surface area contributed by atoms with Gasteiger partial charge in [0, 0.05) is 17.1 Å². The Morgan fingerprint density at radius 2 is 0.844 bits per heavy atom. The molecule has 0 aliphatic rings. The summed E-state index contributed by atoms with van der Waals surface area (Å²) in [6.07, 6.45) is 0. The quantitative estimate of drug-likeness (QED) is 0.287. The van der Waals surface area contributed by atoms with Crippen LogP contribution in [0.2, 0.25) is 0 Å². The van der Waals surface area contributed by atoms with Gasteiger partial charge in [-0.25, -0.2) is 0 Å². The molecule has 0 aliphatic carbocycles. The van der Waals surface area contributed by atoms with Gasteiger partial charge in [0.25, 0.3) is 0 Å². The molecule has 0 aromatic heterocycles. The van der Waals surface area contributed by atoms with Crippen molar-refractivity contribution in [3.05, 3.63) is 103 Å². The Kier molecular flexibility index (Phi) is 6.76. The smallest absolute Gasteiger partial charge is 0.119 e. The van der Waals surface area contributed by atoms with Crippen LogP contribution in [0.1, 0.15) is 19.4 Å². The molecule has 0 amide bonds. The van der Waals surface area contributed by atoms with Crippen LogP contribution >= 0.6 is 0 Å². The summed E-state index contributed by atoms with van der Waals surface area (Å²) < 4.78 is 11.3. The van der Waals surface area contributed by atoms with Gasteiger partial charge in [-0.05, 0) is 92.6 Å². The lowest BCUT2D eigenvalue weighted by Crippen LogP contribution is -2.10. The third kappa shape index (κ3) is 4.94. The van der Waals surface area contributed by atoms with E-state index in [1.54, 1.807) is 0 Å². The minimum Gasteiger partial charge on any atom is -0.494 e. The maximum absolute atomic E-state index is 5.63. The number of benzene rings is 4. The number of anilines is 3. The van der Waals surface area contributed by atoms with Gasteiger partial charge in [-0.2, -0.15) is 0 Å². The molecule has 4 aromatic rings. The van der Waals surface area contributed by atoms with E-state index in [2.05, 4.69) is 84.6 Å². The molecule has 32 heavy (non-hydrogen) atoms. The Morgan fingerprint density at radius 3 is 1.22 bits per heavy atom. The first-order valence-electron chi connectivity index (χ1n) is 11.1. The summed E-state index contributed by atoms with van der Waals surface area (Å²) in [5.41, 5.74) is 6.92. The molecular formula is C29H29NO2. The molecule has 0 N–H and O–H groups in total. The van der Waals surface area contributed by atoms with Crippen LogP contribution in [0.15, 0.2) is 97.1 Å². The van der Waals surface area contributed by atoms with Crippen molar-refractivity contribution in [3.8, 4) is 22.6 Å². The minimum absolute atomic E-state index is 0.655. The van der Waals surface area contributed by atoms with Crippen molar-refractivity contribution in [2.75, 3.05) is 18.1 Å². The van der Waals surface area contributed by atoms with E-state index < -0.39 is 0 Å². The Morgan fingerprint density at radius 1 is 0.500 bits per heavy atom. The molecule has 0 spiro atoms. The van der Waals surface area contributed by atoms with Crippen molar-refractivity contribution in [1.29, 1.82) is 0 Å². The lowest BCUT2D eigenvalue weighted by molar-refractivity contribution is 0.340. The van der Waals surface area contributed by atoms with Crippen molar-refractivity contribution in [2.45, 2.75) is 20.8 Å². The average Bonchev–Trinajstić information content (AvgIpc) is 2.83. The van der Waals surface area contributed by atoms with Gasteiger partial charge in [-0.1, -0.05) is 42.0 Å². The lowest BCUT2D eigenvalue weighted by atomic mass is 10.0. The number of nitrogens with zero attached hydrogens (tertiary/aromatic N) is 1. The van der Waals surface area contributed by atoms with Crippen LogP contribution in [-0.4, -0.2) is 13.2 Å². The zero-order valence-corrected chi connectivity index (χ0v) is 18.9. The van der Waals surface area contributed by atoms with Gasteiger partial charge in [0.2, 0.25) is 0 Å². The maximum Gasteiger partial charge on any atom is 0.119 e. The predicted octanol–water partition coefficient (Wildman–Crippen LogP) is 7.93. The second kappa shape index (κ2) is 10.1. The molecule has 0 atom stereocenters. The van der Waals surface area contributed by atoms with Crippen molar-refractivity contribution in [1.82, 2.24) is 0 Å². The predicted molar refractivity (Wildman–Crippen MR) is 134 cm³/mol. The van der Waals surface area contributed by atoms with Gasteiger partial charge in [-0.3, -0.25) is 0 Å². The van der Waals surface area contributed by atoms with Crippen LogP contribution in [0.3, 0.4) is 0 Å². The summed E-state index contributed by atoms with van der Waals surface area (Å²) >= 11 is 0. The topological polar surface area (TPSA) is 21.7 Å². The van der Waals surface area contributed by atoms with Crippen LogP contribution < -0.4 is 14.4 Å². The van der Waals surface area contributed by atoms with Crippen molar-refractivity contribution < 1.29 is 9.47 Å². The molecule has 4 rings (SSSR count). The number of hydrogen-bond acceptors (Lipinski definition) is 3. The van der Waals surface area contributed by atoms with Crippen LogP contribution in [0, 0.1) is 6.92 Å². The van der Waals surface area contributed by atoms with Crippen LogP contribution in [0.4, 0.5) is 17.1 Å². The number of rotatable bonds is 8. The zero-order chi connectivity index (χ0) is 22.3. The normalized spacial score (nSPS) is 10.6. The highest BCUT2D eigenvalue weighted by Crippen LogP contribution is 2.37. The first-order valence-corrected chi connectivity index (χ1v) is 11.1. The van der Waals surface area contributed by atoms with E-state index in [1.165, 1.54) is 16.7 Å². The zero-order valence-electron chi connectivity index (χ0n) is 18.9. The van der Waals surface area contributed by atoms with E-state index in [4.69, 9.17) is 9.47 Å². The highest BCUT2D eigenvalue weighted by molar-refractivity contribution is 5.78. The Bertz CT molecular complexity index is 1070. The summed E-state index contributed by atoms with van der Waals surface area (Å²) in [7, 11) is 0. The molecule has 3 heteroatoms. The van der Waals surface area contributed by atoms with Gasteiger partial charge in [-0.15, -0.1) is 0 Å². The van der Waals surface area contributed by atoms with E-state index in [9.17, 15) is 0 Å². The Balaban J connectivity index is 1.70. The largest absolute Gasteiger partial charge is 0.494 e. The van der Waals surface area contributed by atoms with E-state index in [0.717, 1.165) is 28.6 Å². The minimum atomic E-state index is 0.655. The fourth-order valence-electron chi connectivity index (χ4n) is 3.71. The first-order chi connectivity index (χ1) is 15.7. The van der Waals surface area contributed by atoms with Gasteiger partial charge in [0.05, 0.1) is 13.2 Å². The molecular weight excluding hydrogens is 394 g/mol. The molecule has 0 unspecified atom stereocenters. The second-order valence-corrected chi connectivity index (χ2v) is 7.60. The number of hydrogen-bond donors (Lipinski definition) is 0. The molecule has 0 radical (unpaired) electrons. The molecule has 0 aliphatic heterocycles. The third-order valence-electron chi connectivity index (χ3n) is 5.32. The molecule has 0 saturated heterocycles. The van der Waals surface area contributed by atoms with Crippen molar-refractivity contribution in [3.63, 3.8) is 0 Å². The summed E-state index contributed by atoms with van der Waals surface area (Å²) in [4.78, 5) is 2.24. The molecule has 0 bridgehead atoms. The molecule has 0 heterocycles. The number of aryl methyl sites for hydroxylation is 1. The summed E-state index contributed by atoms with van der Waals surface area (Å²) in [6, 6.07) is 33.8. The second-order valence-electron chi connectivity index (χ2n) is 7.60. The maximum atomic E-state index is 5.63. The Hall–Kier alpha value is -3.72. The summed E-state index contributed by atoms with van der Waals surface area (Å²) in [6.45, 7) is 7.41. The average molecular weight is 424 g/mol. The first kappa shape index (κ1) is 21.5. The van der Waals surface area contributed by atoms with E-state index in [0.29, 0.717) is 13.2 Å². The fourth-order valence-corrected chi connectivity index (χ4v) is 3.71. The molecule has 162 valence electrons. The Labute approximate surface area is 190 Å². The van der Waals surface area contributed by atoms with Gasteiger partial charge < -0.3 is 14.4 Å². The van der Waals surface area contributed by atoms with Crippen LogP contribution in [0.25, 0.3) is 11.1 Å². The van der Waals surface area contributed by atoms with E-state index in [1.807, 2.05) is 38.1 Å². The number of ether oxygens (including phenoxy) is 2. The van der Waals surface area contributed by atoms with Crippen molar-refractivity contribution in [2.24, 2.45) is 0 Å². The van der Waals surface area contributed by atoms with Crippen LogP contribution in [0.5, 0.6) is 11.5 Å². The van der Waals surface area contributed by atoms with Gasteiger partial charge in [0.15, 0.2) is 0 Å². The van der Waals surface area contributed by atoms with Gasteiger partial charge in [0.1, 0.15) is 11.5 Å². The standard InChI is InChI=1S/C29H29NO2/c1-4-31-28-18-14-26(15-19-28)30(27-16-20-29(21-17-27)32-5-2)25-12-10-24(11-13-25)23-8-6-22(3)7-9-23/h6-21H,4-5H2,1-3H3. The molecule has 3 nitrogen and oxygen atoms in total. The molecule has 0 fully saturated rings. The molecule has 4 aromatic carbocycles. The van der Waals surface area contributed by atoms with Gasteiger partial charge >= 0.3 is 0 Å².